The number of nitrogens with zero attached hydrogens (tertiary/aromatic N) is 2. The van der Waals surface area contributed by atoms with Crippen LogP contribution in [0.3, 0.4) is 0 Å². The Labute approximate surface area is 165 Å². The van der Waals surface area contributed by atoms with Crippen molar-refractivity contribution in [3.8, 4) is 0 Å². The number of benzene rings is 2. The molecular formula is C23H27F3N2. The van der Waals surface area contributed by atoms with Gasteiger partial charge in [-0.2, -0.15) is 13.2 Å². The molecule has 0 aliphatic carbocycles. The van der Waals surface area contributed by atoms with Crippen molar-refractivity contribution in [3.63, 3.8) is 0 Å². The van der Waals surface area contributed by atoms with Crippen molar-refractivity contribution in [2.75, 3.05) is 19.6 Å². The molecule has 2 aromatic rings. The van der Waals surface area contributed by atoms with Crippen molar-refractivity contribution in [2.45, 2.75) is 51.0 Å². The van der Waals surface area contributed by atoms with Gasteiger partial charge in [-0.05, 0) is 56.5 Å². The van der Waals surface area contributed by atoms with Gasteiger partial charge in [-0.1, -0.05) is 48.0 Å². The number of aryl methyl sites for hydroxylation is 1. The summed E-state index contributed by atoms with van der Waals surface area (Å²) in [6.45, 7) is 5.58. The van der Waals surface area contributed by atoms with E-state index in [4.69, 9.17) is 0 Å². The number of halogens is 3. The molecule has 2 atom stereocenters. The zero-order chi connectivity index (χ0) is 19.7. The zero-order valence-electron chi connectivity index (χ0n) is 16.3. The lowest BCUT2D eigenvalue weighted by Gasteiger charge is -2.50. The molecule has 4 rings (SSSR count). The number of rotatable bonds is 5. The van der Waals surface area contributed by atoms with E-state index in [-0.39, 0.29) is 6.04 Å². The smallest absolute Gasteiger partial charge is 0.302 e. The van der Waals surface area contributed by atoms with Gasteiger partial charge in [-0.3, -0.25) is 4.90 Å². The Morgan fingerprint density at radius 3 is 2.46 bits per heavy atom. The van der Waals surface area contributed by atoms with Crippen LogP contribution < -0.4 is 0 Å². The minimum absolute atomic E-state index is 0.189. The van der Waals surface area contributed by atoms with Gasteiger partial charge in [-0.25, -0.2) is 0 Å². The number of hydrogen-bond donors (Lipinski definition) is 0. The van der Waals surface area contributed by atoms with Crippen molar-refractivity contribution in [1.29, 1.82) is 0 Å². The summed E-state index contributed by atoms with van der Waals surface area (Å²) in [5.74, 6) is 0. The van der Waals surface area contributed by atoms with E-state index in [1.807, 2.05) is 6.07 Å². The van der Waals surface area contributed by atoms with Crippen LogP contribution in [0, 0.1) is 6.92 Å². The van der Waals surface area contributed by atoms with Gasteiger partial charge in [0, 0.05) is 25.2 Å². The molecule has 2 saturated heterocycles. The Hall–Kier alpha value is -1.85. The summed E-state index contributed by atoms with van der Waals surface area (Å²) in [4.78, 5) is 4.73. The summed E-state index contributed by atoms with van der Waals surface area (Å²) in [7, 11) is 0. The minimum Gasteiger partial charge on any atom is -0.302 e. The molecule has 2 aliphatic rings. The molecule has 0 aromatic heterocycles. The summed E-state index contributed by atoms with van der Waals surface area (Å²) in [5.41, 5.74) is 2.27. The molecule has 0 spiro atoms. The summed E-state index contributed by atoms with van der Waals surface area (Å²) < 4.78 is 40.5. The van der Waals surface area contributed by atoms with Gasteiger partial charge >= 0.3 is 6.18 Å². The van der Waals surface area contributed by atoms with Crippen LogP contribution in [0.5, 0.6) is 0 Å². The Morgan fingerprint density at radius 1 is 1.00 bits per heavy atom. The van der Waals surface area contributed by atoms with E-state index in [1.54, 1.807) is 12.1 Å². The van der Waals surface area contributed by atoms with E-state index < -0.39 is 11.7 Å². The third-order valence-corrected chi connectivity index (χ3v) is 6.13. The van der Waals surface area contributed by atoms with Crippen molar-refractivity contribution >= 4 is 0 Å². The first-order valence-electron chi connectivity index (χ1n) is 10.1. The second kappa shape index (κ2) is 7.88. The highest BCUT2D eigenvalue weighted by atomic mass is 19.4. The second-order valence-electron chi connectivity index (χ2n) is 8.15. The van der Waals surface area contributed by atoms with Crippen LogP contribution in [0.4, 0.5) is 13.2 Å². The van der Waals surface area contributed by atoms with Crippen molar-refractivity contribution < 1.29 is 13.2 Å². The topological polar surface area (TPSA) is 6.48 Å². The summed E-state index contributed by atoms with van der Waals surface area (Å²) >= 11 is 0. The molecule has 0 N–H and O–H groups in total. The molecule has 2 nitrogen and oxygen atoms in total. The molecule has 150 valence electrons. The van der Waals surface area contributed by atoms with Crippen LogP contribution in [0.25, 0.3) is 0 Å². The molecule has 2 aliphatic heterocycles. The Bertz CT molecular complexity index is 811. The first-order valence-corrected chi connectivity index (χ1v) is 10.1. The van der Waals surface area contributed by atoms with Gasteiger partial charge in [0.2, 0.25) is 0 Å². The third kappa shape index (κ3) is 4.11. The fourth-order valence-corrected chi connectivity index (χ4v) is 4.66. The fraction of sp³-hybridized carbons (Fsp3) is 0.478. The molecule has 0 amide bonds. The molecule has 0 saturated carbocycles. The average molecular weight is 388 g/mol. The second-order valence-corrected chi connectivity index (χ2v) is 8.15. The molecule has 2 unspecified atom stereocenters. The predicted molar refractivity (Wildman–Crippen MR) is 105 cm³/mol. The van der Waals surface area contributed by atoms with E-state index in [9.17, 15) is 13.2 Å². The van der Waals surface area contributed by atoms with Gasteiger partial charge in [-0.15, -0.1) is 0 Å². The lowest BCUT2D eigenvalue weighted by atomic mass is 9.85. The summed E-state index contributed by atoms with van der Waals surface area (Å²) in [6.07, 6.45) is -0.852. The van der Waals surface area contributed by atoms with E-state index in [0.717, 1.165) is 26.1 Å². The average Bonchev–Trinajstić information content (AvgIpc) is 3.16. The Kier molecular flexibility index (Phi) is 5.48. The molecule has 2 aromatic carbocycles. The third-order valence-electron chi connectivity index (χ3n) is 6.13. The largest absolute Gasteiger partial charge is 0.416 e. The lowest BCUT2D eigenvalue weighted by Crippen LogP contribution is -2.54. The molecule has 5 heteroatoms. The van der Waals surface area contributed by atoms with E-state index in [0.29, 0.717) is 18.2 Å². The number of hydrogen-bond acceptors (Lipinski definition) is 2. The quantitative estimate of drug-likeness (QED) is 0.674. The van der Waals surface area contributed by atoms with Crippen LogP contribution >= 0.6 is 0 Å². The van der Waals surface area contributed by atoms with Gasteiger partial charge in [0.15, 0.2) is 0 Å². The monoisotopic (exact) mass is 388 g/mol. The Balaban J connectivity index is 1.58. The minimum atomic E-state index is -4.31. The molecular weight excluding hydrogens is 361 g/mol. The molecule has 0 bridgehead atoms. The van der Waals surface area contributed by atoms with Gasteiger partial charge < -0.3 is 4.90 Å². The molecule has 28 heavy (non-hydrogen) atoms. The van der Waals surface area contributed by atoms with Gasteiger partial charge in [0.25, 0.3) is 0 Å². The highest BCUT2D eigenvalue weighted by Crippen LogP contribution is 2.42. The van der Waals surface area contributed by atoms with Gasteiger partial charge in [0.05, 0.1) is 5.56 Å². The first kappa shape index (κ1) is 19.5. The van der Waals surface area contributed by atoms with Crippen LogP contribution in [-0.4, -0.2) is 35.5 Å². The molecule has 2 heterocycles. The lowest BCUT2D eigenvalue weighted by molar-refractivity contribution is -0.139. The SMILES string of the molecule is Cc1cccc(C2CC(CN3CCCC3)N2Cc2ccccc2C(F)(F)F)c1. The maximum Gasteiger partial charge on any atom is 0.416 e. The highest BCUT2D eigenvalue weighted by Gasteiger charge is 2.41. The van der Waals surface area contributed by atoms with E-state index in [1.165, 1.54) is 36.1 Å². The zero-order valence-corrected chi connectivity index (χ0v) is 16.3. The van der Waals surface area contributed by atoms with Crippen LogP contribution in [0.1, 0.15) is 47.6 Å². The van der Waals surface area contributed by atoms with Gasteiger partial charge in [0.1, 0.15) is 0 Å². The summed E-state index contributed by atoms with van der Waals surface area (Å²) in [6, 6.07) is 14.9. The maximum absolute atomic E-state index is 13.5. The van der Waals surface area contributed by atoms with Crippen LogP contribution in [-0.2, 0) is 12.7 Å². The summed E-state index contributed by atoms with van der Waals surface area (Å²) in [5, 5.41) is 0. The standard InChI is InChI=1S/C23H27F3N2/c1-17-7-6-9-18(13-17)22-14-20(16-27-11-4-5-12-27)28(22)15-19-8-2-3-10-21(19)23(24,25)26/h2-3,6-10,13,20,22H,4-5,11-12,14-16H2,1H3. The molecule has 0 radical (unpaired) electrons. The predicted octanol–water partition coefficient (Wildman–Crippen LogP) is 5.43. The van der Waals surface area contributed by atoms with Crippen LogP contribution in [0.2, 0.25) is 0 Å². The van der Waals surface area contributed by atoms with Crippen molar-refractivity contribution in [3.05, 3.63) is 70.8 Å². The van der Waals surface area contributed by atoms with E-state index in [2.05, 4.69) is 34.9 Å². The maximum atomic E-state index is 13.5. The first-order chi connectivity index (χ1) is 13.4. The fourth-order valence-electron chi connectivity index (χ4n) is 4.66. The number of alkyl halides is 3. The van der Waals surface area contributed by atoms with Crippen LogP contribution in [0.15, 0.2) is 48.5 Å². The van der Waals surface area contributed by atoms with Crippen molar-refractivity contribution in [1.82, 2.24) is 9.80 Å². The van der Waals surface area contributed by atoms with Crippen molar-refractivity contribution in [2.24, 2.45) is 0 Å². The van der Waals surface area contributed by atoms with E-state index >= 15 is 0 Å². The highest BCUT2D eigenvalue weighted by molar-refractivity contribution is 5.32. The Morgan fingerprint density at radius 2 is 1.75 bits per heavy atom. The molecule has 2 fully saturated rings. The normalized spacial score (nSPS) is 23.7. The number of likely N-dealkylation sites (tertiary alicyclic amines) is 2.